The normalized spacial score (nSPS) is 11.5. The highest BCUT2D eigenvalue weighted by molar-refractivity contribution is 5.99. The molecule has 132 valence electrons. The maximum absolute atomic E-state index is 13.1. The molecule has 0 aromatic heterocycles. The van der Waals surface area contributed by atoms with Gasteiger partial charge in [0.05, 0.1) is 13.5 Å². The maximum atomic E-state index is 13.1. The Morgan fingerprint density at radius 2 is 1.80 bits per heavy atom. The summed E-state index contributed by atoms with van der Waals surface area (Å²) in [5, 5.41) is 5.14. The molecule has 0 aliphatic heterocycles. The Labute approximate surface area is 144 Å². The molecule has 2 rings (SSSR count). The van der Waals surface area contributed by atoms with Crippen LogP contribution in [0.15, 0.2) is 42.5 Å². The molecular formula is C18H18F2N2O3. The number of amides is 2. The third-order valence-corrected chi connectivity index (χ3v) is 3.40. The van der Waals surface area contributed by atoms with Crippen molar-refractivity contribution in [2.75, 3.05) is 12.4 Å². The van der Waals surface area contributed by atoms with Gasteiger partial charge >= 0.3 is 0 Å². The number of carbonyl (C=O) groups is 2. The van der Waals surface area contributed by atoms with Gasteiger partial charge in [0.2, 0.25) is 11.8 Å². The highest BCUT2D eigenvalue weighted by atomic mass is 19.1. The first-order valence-electron chi connectivity index (χ1n) is 7.56. The summed E-state index contributed by atoms with van der Waals surface area (Å²) in [6.45, 7) is 1.59. The first-order valence-corrected chi connectivity index (χ1v) is 7.56. The zero-order valence-corrected chi connectivity index (χ0v) is 13.8. The number of halogens is 2. The Hall–Kier alpha value is -2.96. The van der Waals surface area contributed by atoms with Gasteiger partial charge in [-0.15, -0.1) is 0 Å². The Balaban J connectivity index is 1.92. The minimum absolute atomic E-state index is 0.149. The molecule has 0 bridgehead atoms. The molecule has 0 spiro atoms. The average Bonchev–Trinajstić information content (AvgIpc) is 2.53. The first-order chi connectivity index (χ1) is 11.9. The van der Waals surface area contributed by atoms with Crippen molar-refractivity contribution in [2.24, 2.45) is 0 Å². The highest BCUT2D eigenvalue weighted by Crippen LogP contribution is 2.17. The van der Waals surface area contributed by atoms with Gasteiger partial charge in [-0.1, -0.05) is 6.07 Å². The number of anilines is 1. The van der Waals surface area contributed by atoms with Crippen LogP contribution in [-0.2, 0) is 16.0 Å². The van der Waals surface area contributed by atoms with Crippen molar-refractivity contribution in [3.05, 3.63) is 59.7 Å². The molecule has 0 heterocycles. The summed E-state index contributed by atoms with van der Waals surface area (Å²) in [6.07, 6.45) is -0.299. The molecule has 2 amide bonds. The summed E-state index contributed by atoms with van der Waals surface area (Å²) in [7, 11) is 1.53. The molecule has 7 heteroatoms. The lowest BCUT2D eigenvalue weighted by Gasteiger charge is -2.15. The second kappa shape index (κ2) is 8.23. The zero-order valence-electron chi connectivity index (χ0n) is 13.8. The van der Waals surface area contributed by atoms with Gasteiger partial charge in [0.1, 0.15) is 23.4 Å². The lowest BCUT2D eigenvalue weighted by Crippen LogP contribution is -2.41. The third kappa shape index (κ3) is 5.56. The van der Waals surface area contributed by atoms with Gasteiger partial charge in [-0.3, -0.25) is 14.9 Å². The van der Waals surface area contributed by atoms with Crippen LogP contribution in [-0.4, -0.2) is 25.0 Å². The summed E-state index contributed by atoms with van der Waals surface area (Å²) in [5.41, 5.74) is 0.804. The fourth-order valence-electron chi connectivity index (χ4n) is 2.22. The van der Waals surface area contributed by atoms with Crippen molar-refractivity contribution in [3.63, 3.8) is 0 Å². The Morgan fingerprint density at radius 1 is 1.12 bits per heavy atom. The first kappa shape index (κ1) is 18.4. The lowest BCUT2D eigenvalue weighted by atomic mass is 10.1. The molecule has 0 fully saturated rings. The molecule has 25 heavy (non-hydrogen) atoms. The molecule has 0 aliphatic rings. The van der Waals surface area contributed by atoms with Crippen molar-refractivity contribution in [3.8, 4) is 5.75 Å². The predicted molar refractivity (Wildman–Crippen MR) is 89.3 cm³/mol. The number of methoxy groups -OCH3 is 1. The maximum Gasteiger partial charge on any atom is 0.248 e. The second-order valence-corrected chi connectivity index (χ2v) is 5.46. The van der Waals surface area contributed by atoms with Gasteiger partial charge in [-0.2, -0.15) is 0 Å². The van der Waals surface area contributed by atoms with Crippen LogP contribution in [0.25, 0.3) is 0 Å². The van der Waals surface area contributed by atoms with Gasteiger partial charge in [0, 0.05) is 17.8 Å². The standard InChI is InChI=1S/C18H18F2N2O3/c1-11(21-15-4-3-5-16(10-15)25-2)18(24)22-17(23)8-12-6-13(19)9-14(20)7-12/h3-7,9-11,21H,8H2,1-2H3,(H,22,23,24)/t11-/m0/s1. The van der Waals surface area contributed by atoms with E-state index in [9.17, 15) is 18.4 Å². The number of carbonyl (C=O) groups excluding carboxylic acids is 2. The van der Waals surface area contributed by atoms with Crippen molar-refractivity contribution < 1.29 is 23.1 Å². The van der Waals surface area contributed by atoms with Crippen LogP contribution in [0.1, 0.15) is 12.5 Å². The van der Waals surface area contributed by atoms with Gasteiger partial charge in [0.15, 0.2) is 0 Å². The number of hydrogen-bond acceptors (Lipinski definition) is 4. The highest BCUT2D eigenvalue weighted by Gasteiger charge is 2.16. The SMILES string of the molecule is COc1cccc(N[C@@H](C)C(=O)NC(=O)Cc2cc(F)cc(F)c2)c1. The van der Waals surface area contributed by atoms with Gasteiger partial charge in [-0.25, -0.2) is 8.78 Å². The largest absolute Gasteiger partial charge is 0.497 e. The van der Waals surface area contributed by atoms with E-state index in [0.29, 0.717) is 17.5 Å². The molecule has 2 aromatic rings. The van der Waals surface area contributed by atoms with Crippen molar-refractivity contribution >= 4 is 17.5 Å². The number of nitrogens with one attached hydrogen (secondary N) is 2. The molecule has 0 radical (unpaired) electrons. The summed E-state index contributed by atoms with van der Waals surface area (Å²) in [4.78, 5) is 23.9. The third-order valence-electron chi connectivity index (χ3n) is 3.40. The quantitative estimate of drug-likeness (QED) is 0.842. The molecular weight excluding hydrogens is 330 g/mol. The molecule has 0 saturated heterocycles. The fourth-order valence-corrected chi connectivity index (χ4v) is 2.22. The van der Waals surface area contributed by atoms with Crippen molar-refractivity contribution in [1.82, 2.24) is 5.32 Å². The smallest absolute Gasteiger partial charge is 0.248 e. The van der Waals surface area contributed by atoms with E-state index in [4.69, 9.17) is 4.74 Å². The summed E-state index contributed by atoms with van der Waals surface area (Å²) in [5.74, 6) is -2.12. The lowest BCUT2D eigenvalue weighted by molar-refractivity contribution is -0.130. The molecule has 2 N–H and O–H groups in total. The van der Waals surface area contributed by atoms with Crippen molar-refractivity contribution in [1.29, 1.82) is 0 Å². The number of benzene rings is 2. The van der Waals surface area contributed by atoms with E-state index < -0.39 is 29.5 Å². The monoisotopic (exact) mass is 348 g/mol. The summed E-state index contributed by atoms with van der Waals surface area (Å²) in [6, 6.07) is 9.10. The van der Waals surface area contributed by atoms with Crippen LogP contribution >= 0.6 is 0 Å². The van der Waals surface area contributed by atoms with Gasteiger partial charge in [-0.05, 0) is 36.8 Å². The predicted octanol–water partition coefficient (Wildman–Crippen LogP) is 2.66. The molecule has 0 aliphatic carbocycles. The van der Waals surface area contributed by atoms with E-state index in [2.05, 4.69) is 10.6 Å². The van der Waals surface area contributed by atoms with E-state index in [1.54, 1.807) is 31.2 Å². The Morgan fingerprint density at radius 3 is 2.44 bits per heavy atom. The van der Waals surface area contributed by atoms with E-state index in [1.807, 2.05) is 0 Å². The molecule has 0 unspecified atom stereocenters. The van der Waals surface area contributed by atoms with E-state index >= 15 is 0 Å². The van der Waals surface area contributed by atoms with E-state index in [-0.39, 0.29) is 12.0 Å². The van der Waals surface area contributed by atoms with Crippen LogP contribution in [0, 0.1) is 11.6 Å². The fraction of sp³-hybridized carbons (Fsp3) is 0.222. The minimum Gasteiger partial charge on any atom is -0.497 e. The van der Waals surface area contributed by atoms with Gasteiger partial charge in [0.25, 0.3) is 0 Å². The zero-order chi connectivity index (χ0) is 18.4. The summed E-state index contributed by atoms with van der Waals surface area (Å²) >= 11 is 0. The van der Waals surface area contributed by atoms with Crippen LogP contribution in [0.4, 0.5) is 14.5 Å². The Bertz CT molecular complexity index is 760. The van der Waals surface area contributed by atoms with Crippen LogP contribution < -0.4 is 15.4 Å². The minimum atomic E-state index is -0.776. The van der Waals surface area contributed by atoms with E-state index in [1.165, 1.54) is 7.11 Å². The topological polar surface area (TPSA) is 67.4 Å². The van der Waals surface area contributed by atoms with Crippen molar-refractivity contribution in [2.45, 2.75) is 19.4 Å². The Kier molecular flexibility index (Phi) is 6.05. The second-order valence-electron chi connectivity index (χ2n) is 5.46. The van der Waals surface area contributed by atoms with E-state index in [0.717, 1.165) is 12.1 Å². The van der Waals surface area contributed by atoms with Gasteiger partial charge < -0.3 is 10.1 Å². The number of rotatable bonds is 6. The molecule has 5 nitrogen and oxygen atoms in total. The molecule has 0 saturated carbocycles. The number of hydrogen-bond donors (Lipinski definition) is 2. The summed E-state index contributed by atoms with van der Waals surface area (Å²) < 4.78 is 31.3. The van der Waals surface area contributed by atoms with Crippen LogP contribution in [0.3, 0.4) is 0 Å². The van der Waals surface area contributed by atoms with Crippen LogP contribution in [0.2, 0.25) is 0 Å². The number of ether oxygens (including phenoxy) is 1. The molecule has 2 aromatic carbocycles. The molecule has 1 atom stereocenters. The average molecular weight is 348 g/mol. The van der Waals surface area contributed by atoms with Crippen LogP contribution in [0.5, 0.6) is 5.75 Å². The number of imide groups is 1.